The van der Waals surface area contributed by atoms with Crippen LogP contribution in [0.5, 0.6) is 0 Å². The SMILES string of the molecule is COC(=O)C(Cc1ccc([N+](=O)[O-])cc1)NC(=O)OCc1ccccc1. The highest BCUT2D eigenvalue weighted by Crippen LogP contribution is 2.13. The number of nitro benzene ring substituents is 1. The number of carbonyl (C=O) groups is 2. The van der Waals surface area contributed by atoms with Crippen LogP contribution in [-0.2, 0) is 27.3 Å². The number of nitrogens with zero attached hydrogens (tertiary/aromatic N) is 1. The molecule has 2 aromatic carbocycles. The molecule has 1 N–H and O–H groups in total. The molecule has 0 fully saturated rings. The standard InChI is InChI=1S/C18H18N2O6/c1-25-17(21)16(11-13-7-9-15(10-8-13)20(23)24)19-18(22)26-12-14-5-3-2-4-6-14/h2-10,16H,11-12H2,1H3,(H,19,22). The topological polar surface area (TPSA) is 108 Å². The van der Waals surface area contributed by atoms with Crippen LogP contribution in [0.25, 0.3) is 0 Å². The van der Waals surface area contributed by atoms with Gasteiger partial charge in [-0.25, -0.2) is 9.59 Å². The van der Waals surface area contributed by atoms with E-state index >= 15 is 0 Å². The van der Waals surface area contributed by atoms with Gasteiger partial charge in [-0.05, 0) is 11.1 Å². The summed E-state index contributed by atoms with van der Waals surface area (Å²) in [5.41, 5.74) is 1.39. The largest absolute Gasteiger partial charge is 0.467 e. The zero-order chi connectivity index (χ0) is 18.9. The van der Waals surface area contributed by atoms with Crippen molar-refractivity contribution < 1.29 is 24.0 Å². The number of benzene rings is 2. The highest BCUT2D eigenvalue weighted by molar-refractivity contribution is 5.81. The molecule has 0 saturated carbocycles. The minimum Gasteiger partial charge on any atom is -0.467 e. The van der Waals surface area contributed by atoms with Gasteiger partial charge < -0.3 is 14.8 Å². The van der Waals surface area contributed by atoms with Gasteiger partial charge in [0.2, 0.25) is 0 Å². The lowest BCUT2D eigenvalue weighted by Crippen LogP contribution is -2.43. The molecule has 0 radical (unpaired) electrons. The second kappa shape index (κ2) is 9.16. The van der Waals surface area contributed by atoms with E-state index in [1.165, 1.54) is 31.4 Å². The fourth-order valence-corrected chi connectivity index (χ4v) is 2.23. The normalized spacial score (nSPS) is 11.3. The van der Waals surface area contributed by atoms with Crippen molar-refractivity contribution in [2.45, 2.75) is 19.1 Å². The summed E-state index contributed by atoms with van der Waals surface area (Å²) < 4.78 is 9.79. The Morgan fingerprint density at radius 2 is 1.73 bits per heavy atom. The number of rotatable bonds is 7. The number of hydrogen-bond acceptors (Lipinski definition) is 6. The molecule has 26 heavy (non-hydrogen) atoms. The van der Waals surface area contributed by atoms with E-state index in [-0.39, 0.29) is 18.7 Å². The van der Waals surface area contributed by atoms with Gasteiger partial charge >= 0.3 is 12.1 Å². The van der Waals surface area contributed by atoms with E-state index in [1.54, 1.807) is 0 Å². The maximum atomic E-state index is 12.0. The number of ether oxygens (including phenoxy) is 2. The molecule has 2 rings (SSSR count). The van der Waals surface area contributed by atoms with Crippen molar-refractivity contribution in [3.05, 3.63) is 75.8 Å². The van der Waals surface area contributed by atoms with Crippen molar-refractivity contribution in [2.75, 3.05) is 7.11 Å². The van der Waals surface area contributed by atoms with Crippen molar-refractivity contribution in [3.8, 4) is 0 Å². The Labute approximate surface area is 149 Å². The minimum atomic E-state index is -0.968. The monoisotopic (exact) mass is 358 g/mol. The first-order valence-electron chi connectivity index (χ1n) is 7.78. The van der Waals surface area contributed by atoms with Crippen molar-refractivity contribution in [3.63, 3.8) is 0 Å². The first kappa shape index (κ1) is 18.9. The summed E-state index contributed by atoms with van der Waals surface area (Å²) in [4.78, 5) is 34.0. The fraction of sp³-hybridized carbons (Fsp3) is 0.222. The van der Waals surface area contributed by atoms with E-state index in [0.717, 1.165) is 5.56 Å². The number of hydrogen-bond donors (Lipinski definition) is 1. The number of esters is 1. The van der Waals surface area contributed by atoms with Crippen LogP contribution in [0.3, 0.4) is 0 Å². The van der Waals surface area contributed by atoms with Crippen LogP contribution in [-0.4, -0.2) is 30.1 Å². The molecule has 0 aliphatic rings. The van der Waals surface area contributed by atoms with E-state index in [4.69, 9.17) is 9.47 Å². The maximum Gasteiger partial charge on any atom is 0.408 e. The Bertz CT molecular complexity index is 761. The molecule has 1 amide bonds. The molecule has 0 aliphatic heterocycles. The number of nitrogens with one attached hydrogen (secondary N) is 1. The minimum absolute atomic E-state index is 0.0569. The van der Waals surface area contributed by atoms with Gasteiger partial charge in [0.1, 0.15) is 12.6 Å². The second-order valence-corrected chi connectivity index (χ2v) is 5.41. The molecular formula is C18H18N2O6. The molecule has 1 atom stereocenters. The Hall–Kier alpha value is -3.42. The van der Waals surface area contributed by atoms with Crippen LogP contribution in [0.15, 0.2) is 54.6 Å². The number of methoxy groups -OCH3 is 1. The second-order valence-electron chi connectivity index (χ2n) is 5.41. The van der Waals surface area contributed by atoms with E-state index < -0.39 is 23.0 Å². The number of non-ortho nitro benzene ring substituents is 1. The van der Waals surface area contributed by atoms with E-state index in [0.29, 0.717) is 5.56 Å². The quantitative estimate of drug-likeness (QED) is 0.463. The third-order valence-corrected chi connectivity index (χ3v) is 3.58. The number of alkyl carbamates (subject to hydrolysis) is 1. The number of amides is 1. The molecule has 136 valence electrons. The highest BCUT2D eigenvalue weighted by Gasteiger charge is 2.23. The Kier molecular flexibility index (Phi) is 6.67. The average Bonchev–Trinajstić information content (AvgIpc) is 2.66. The molecule has 0 aliphatic carbocycles. The lowest BCUT2D eigenvalue weighted by molar-refractivity contribution is -0.384. The summed E-state index contributed by atoms with van der Waals surface area (Å²) in [6.07, 6.45) is -0.642. The Morgan fingerprint density at radius 1 is 1.08 bits per heavy atom. The third kappa shape index (κ3) is 5.59. The molecule has 2 aromatic rings. The van der Waals surface area contributed by atoms with Crippen molar-refractivity contribution in [1.82, 2.24) is 5.32 Å². The van der Waals surface area contributed by atoms with Crippen LogP contribution in [0.1, 0.15) is 11.1 Å². The predicted molar refractivity (Wildman–Crippen MR) is 92.4 cm³/mol. The fourth-order valence-electron chi connectivity index (χ4n) is 2.23. The van der Waals surface area contributed by atoms with Gasteiger partial charge in [0.25, 0.3) is 5.69 Å². The van der Waals surface area contributed by atoms with E-state index in [2.05, 4.69) is 5.32 Å². The van der Waals surface area contributed by atoms with Gasteiger partial charge in [0.15, 0.2) is 0 Å². The number of carbonyl (C=O) groups excluding carboxylic acids is 2. The maximum absolute atomic E-state index is 12.0. The third-order valence-electron chi connectivity index (χ3n) is 3.58. The predicted octanol–water partition coefficient (Wildman–Crippen LogP) is 2.61. The lowest BCUT2D eigenvalue weighted by atomic mass is 10.1. The molecule has 1 unspecified atom stereocenters. The highest BCUT2D eigenvalue weighted by atomic mass is 16.6. The van der Waals surface area contributed by atoms with Gasteiger partial charge in [-0.3, -0.25) is 10.1 Å². The molecule has 0 spiro atoms. The molecule has 0 bridgehead atoms. The summed E-state index contributed by atoms with van der Waals surface area (Å²) in [5.74, 6) is -0.639. The smallest absolute Gasteiger partial charge is 0.408 e. The molecule has 8 heteroatoms. The molecule has 0 aromatic heterocycles. The van der Waals surface area contributed by atoms with Gasteiger partial charge in [-0.2, -0.15) is 0 Å². The molecule has 8 nitrogen and oxygen atoms in total. The van der Waals surface area contributed by atoms with Crippen LogP contribution in [0, 0.1) is 10.1 Å². The lowest BCUT2D eigenvalue weighted by Gasteiger charge is -2.16. The summed E-state index contributed by atoms with van der Waals surface area (Å²) in [7, 11) is 1.21. The zero-order valence-electron chi connectivity index (χ0n) is 14.1. The van der Waals surface area contributed by atoms with E-state index in [9.17, 15) is 19.7 Å². The van der Waals surface area contributed by atoms with Crippen LogP contribution in [0.2, 0.25) is 0 Å². The first-order valence-corrected chi connectivity index (χ1v) is 7.78. The summed E-state index contributed by atoms with van der Waals surface area (Å²) in [6, 6.07) is 13.8. The molecular weight excluding hydrogens is 340 g/mol. The number of nitro groups is 1. The Morgan fingerprint density at radius 3 is 2.31 bits per heavy atom. The van der Waals surface area contributed by atoms with E-state index in [1.807, 2.05) is 30.3 Å². The Balaban J connectivity index is 1.96. The summed E-state index contributed by atoms with van der Waals surface area (Å²) >= 11 is 0. The van der Waals surface area contributed by atoms with Gasteiger partial charge in [0.05, 0.1) is 12.0 Å². The van der Waals surface area contributed by atoms with Crippen LogP contribution >= 0.6 is 0 Å². The molecule has 0 saturated heterocycles. The van der Waals surface area contributed by atoms with Crippen molar-refractivity contribution >= 4 is 17.7 Å². The average molecular weight is 358 g/mol. The van der Waals surface area contributed by atoms with Crippen LogP contribution < -0.4 is 5.32 Å². The molecule has 0 heterocycles. The first-order chi connectivity index (χ1) is 12.5. The summed E-state index contributed by atoms with van der Waals surface area (Å²) in [6.45, 7) is 0.0676. The van der Waals surface area contributed by atoms with Gasteiger partial charge in [-0.15, -0.1) is 0 Å². The summed E-state index contributed by atoms with van der Waals surface area (Å²) in [5, 5.41) is 13.1. The van der Waals surface area contributed by atoms with Crippen molar-refractivity contribution in [2.24, 2.45) is 0 Å². The van der Waals surface area contributed by atoms with Gasteiger partial charge in [-0.1, -0.05) is 42.5 Å². The van der Waals surface area contributed by atoms with Crippen LogP contribution in [0.4, 0.5) is 10.5 Å². The van der Waals surface area contributed by atoms with Crippen molar-refractivity contribution in [1.29, 1.82) is 0 Å². The van der Waals surface area contributed by atoms with Gasteiger partial charge in [0, 0.05) is 18.6 Å². The zero-order valence-corrected chi connectivity index (χ0v) is 14.1.